The maximum atomic E-state index is 12.2. The van der Waals surface area contributed by atoms with Gasteiger partial charge in [-0.15, -0.1) is 0 Å². The second kappa shape index (κ2) is 8.93. The second-order valence-corrected chi connectivity index (χ2v) is 5.38. The Morgan fingerprint density at radius 2 is 1.67 bits per heavy atom. The van der Waals surface area contributed by atoms with Gasteiger partial charge in [0.2, 0.25) is 5.91 Å². The van der Waals surface area contributed by atoms with Gasteiger partial charge in [0.25, 0.3) is 0 Å². The SMILES string of the molecule is COCc1ccc(CNC(=O)Cc2cc(OC)ccc2OC)cc1. The molecule has 1 amide bonds. The predicted molar refractivity (Wildman–Crippen MR) is 92.3 cm³/mol. The van der Waals surface area contributed by atoms with Crippen molar-refractivity contribution in [1.29, 1.82) is 0 Å². The Labute approximate surface area is 142 Å². The summed E-state index contributed by atoms with van der Waals surface area (Å²) in [5, 5.41) is 2.92. The molecule has 5 nitrogen and oxygen atoms in total. The highest BCUT2D eigenvalue weighted by Gasteiger charge is 2.10. The minimum atomic E-state index is -0.0671. The highest BCUT2D eigenvalue weighted by molar-refractivity contribution is 5.79. The summed E-state index contributed by atoms with van der Waals surface area (Å²) in [7, 11) is 4.85. The van der Waals surface area contributed by atoms with Crippen LogP contribution in [0, 0.1) is 0 Å². The molecule has 0 aromatic heterocycles. The number of methoxy groups -OCH3 is 3. The van der Waals surface area contributed by atoms with Crippen molar-refractivity contribution in [2.24, 2.45) is 0 Å². The Balaban J connectivity index is 1.93. The van der Waals surface area contributed by atoms with Crippen LogP contribution in [-0.2, 0) is 29.1 Å². The monoisotopic (exact) mass is 329 g/mol. The molecule has 0 aliphatic heterocycles. The van der Waals surface area contributed by atoms with Crippen LogP contribution in [0.15, 0.2) is 42.5 Å². The molecule has 0 heterocycles. The number of nitrogens with one attached hydrogen (secondary N) is 1. The molecule has 2 aromatic rings. The zero-order valence-corrected chi connectivity index (χ0v) is 14.3. The van der Waals surface area contributed by atoms with E-state index in [4.69, 9.17) is 14.2 Å². The van der Waals surface area contributed by atoms with E-state index in [0.717, 1.165) is 16.7 Å². The van der Waals surface area contributed by atoms with Crippen molar-refractivity contribution >= 4 is 5.91 Å². The first-order chi connectivity index (χ1) is 11.7. The lowest BCUT2D eigenvalue weighted by Gasteiger charge is -2.11. The number of hydrogen-bond donors (Lipinski definition) is 1. The minimum absolute atomic E-state index is 0.0671. The summed E-state index contributed by atoms with van der Waals surface area (Å²) in [6.07, 6.45) is 0.238. The van der Waals surface area contributed by atoms with Gasteiger partial charge in [0, 0.05) is 19.2 Å². The lowest BCUT2D eigenvalue weighted by atomic mass is 10.1. The highest BCUT2D eigenvalue weighted by Crippen LogP contribution is 2.24. The summed E-state index contributed by atoms with van der Waals surface area (Å²) in [6.45, 7) is 1.07. The lowest BCUT2D eigenvalue weighted by Crippen LogP contribution is -2.24. The van der Waals surface area contributed by atoms with Crippen LogP contribution in [0.25, 0.3) is 0 Å². The molecule has 128 valence electrons. The molecule has 0 bridgehead atoms. The number of benzene rings is 2. The van der Waals surface area contributed by atoms with Gasteiger partial charge in [-0.3, -0.25) is 4.79 Å². The average molecular weight is 329 g/mol. The van der Waals surface area contributed by atoms with Gasteiger partial charge in [-0.2, -0.15) is 0 Å². The highest BCUT2D eigenvalue weighted by atomic mass is 16.5. The van der Waals surface area contributed by atoms with E-state index in [9.17, 15) is 4.79 Å². The Morgan fingerprint density at radius 1 is 0.958 bits per heavy atom. The zero-order valence-electron chi connectivity index (χ0n) is 14.3. The fraction of sp³-hybridized carbons (Fsp3) is 0.316. The minimum Gasteiger partial charge on any atom is -0.497 e. The van der Waals surface area contributed by atoms with E-state index in [2.05, 4.69) is 5.32 Å². The number of carbonyl (C=O) groups is 1. The Hall–Kier alpha value is -2.53. The largest absolute Gasteiger partial charge is 0.497 e. The van der Waals surface area contributed by atoms with Crippen LogP contribution in [-0.4, -0.2) is 27.2 Å². The molecule has 2 aromatic carbocycles. The predicted octanol–water partition coefficient (Wildman–Crippen LogP) is 2.71. The average Bonchev–Trinajstić information content (AvgIpc) is 2.61. The number of carbonyl (C=O) groups excluding carboxylic acids is 1. The Morgan fingerprint density at radius 3 is 2.29 bits per heavy atom. The van der Waals surface area contributed by atoms with E-state index in [1.54, 1.807) is 27.4 Å². The first-order valence-electron chi connectivity index (χ1n) is 7.70. The first-order valence-corrected chi connectivity index (χ1v) is 7.70. The third-order valence-electron chi connectivity index (χ3n) is 3.66. The van der Waals surface area contributed by atoms with Crippen LogP contribution in [0.3, 0.4) is 0 Å². The third-order valence-corrected chi connectivity index (χ3v) is 3.66. The van der Waals surface area contributed by atoms with Crippen molar-refractivity contribution < 1.29 is 19.0 Å². The molecule has 5 heteroatoms. The van der Waals surface area contributed by atoms with Gasteiger partial charge >= 0.3 is 0 Å². The van der Waals surface area contributed by atoms with Crippen LogP contribution in [0.4, 0.5) is 0 Å². The number of ether oxygens (including phenoxy) is 3. The molecular formula is C19H23NO4. The summed E-state index contributed by atoms with van der Waals surface area (Å²) in [6, 6.07) is 13.4. The molecule has 0 aliphatic carbocycles. The fourth-order valence-corrected chi connectivity index (χ4v) is 2.38. The summed E-state index contributed by atoms with van der Waals surface area (Å²) in [5.41, 5.74) is 2.94. The molecule has 0 saturated heterocycles. The normalized spacial score (nSPS) is 10.3. The van der Waals surface area contributed by atoms with E-state index in [1.165, 1.54) is 0 Å². The smallest absolute Gasteiger partial charge is 0.224 e. The molecular weight excluding hydrogens is 306 g/mol. The molecule has 0 saturated carbocycles. The van der Waals surface area contributed by atoms with E-state index in [0.29, 0.717) is 24.7 Å². The van der Waals surface area contributed by atoms with Crippen molar-refractivity contribution in [3.63, 3.8) is 0 Å². The first kappa shape index (κ1) is 17.8. The van der Waals surface area contributed by atoms with E-state index in [-0.39, 0.29) is 12.3 Å². The van der Waals surface area contributed by atoms with Crippen LogP contribution in [0.2, 0.25) is 0 Å². The van der Waals surface area contributed by atoms with Gasteiger partial charge < -0.3 is 19.5 Å². The summed E-state index contributed by atoms with van der Waals surface area (Å²) >= 11 is 0. The van der Waals surface area contributed by atoms with Crippen molar-refractivity contribution in [2.75, 3.05) is 21.3 Å². The zero-order chi connectivity index (χ0) is 17.4. The maximum Gasteiger partial charge on any atom is 0.224 e. The summed E-state index contributed by atoms with van der Waals surface area (Å²) in [5.74, 6) is 1.31. The molecule has 2 rings (SSSR count). The molecule has 0 fully saturated rings. The summed E-state index contributed by atoms with van der Waals surface area (Å²) in [4.78, 5) is 12.2. The maximum absolute atomic E-state index is 12.2. The van der Waals surface area contributed by atoms with Crippen LogP contribution in [0.1, 0.15) is 16.7 Å². The van der Waals surface area contributed by atoms with Gasteiger partial charge in [-0.1, -0.05) is 24.3 Å². The molecule has 24 heavy (non-hydrogen) atoms. The van der Waals surface area contributed by atoms with Crippen LogP contribution < -0.4 is 14.8 Å². The lowest BCUT2D eigenvalue weighted by molar-refractivity contribution is -0.120. The topological polar surface area (TPSA) is 56.8 Å². The fourth-order valence-electron chi connectivity index (χ4n) is 2.38. The van der Waals surface area contributed by atoms with Gasteiger partial charge in [-0.05, 0) is 29.3 Å². The van der Waals surface area contributed by atoms with Gasteiger partial charge in [0.05, 0.1) is 27.2 Å². The van der Waals surface area contributed by atoms with Crippen molar-refractivity contribution in [1.82, 2.24) is 5.32 Å². The molecule has 0 aliphatic rings. The second-order valence-electron chi connectivity index (χ2n) is 5.38. The standard InChI is InChI=1S/C19H23NO4/c1-22-13-15-6-4-14(5-7-15)12-20-19(21)11-16-10-17(23-2)8-9-18(16)24-3/h4-10H,11-13H2,1-3H3,(H,20,21). The molecule has 0 radical (unpaired) electrons. The Kier molecular flexibility index (Phi) is 6.63. The number of amides is 1. The Bertz CT molecular complexity index is 668. The van der Waals surface area contributed by atoms with Crippen molar-refractivity contribution in [3.8, 4) is 11.5 Å². The van der Waals surface area contributed by atoms with Gasteiger partial charge in [0.15, 0.2) is 0 Å². The molecule has 0 atom stereocenters. The van der Waals surface area contributed by atoms with Crippen LogP contribution >= 0.6 is 0 Å². The molecule has 0 spiro atoms. The van der Waals surface area contributed by atoms with E-state index in [1.807, 2.05) is 36.4 Å². The van der Waals surface area contributed by atoms with Crippen LogP contribution in [0.5, 0.6) is 11.5 Å². The quantitative estimate of drug-likeness (QED) is 0.809. The molecule has 0 unspecified atom stereocenters. The number of hydrogen-bond acceptors (Lipinski definition) is 4. The van der Waals surface area contributed by atoms with Crippen molar-refractivity contribution in [2.45, 2.75) is 19.6 Å². The third kappa shape index (κ3) is 4.99. The van der Waals surface area contributed by atoms with Gasteiger partial charge in [-0.25, -0.2) is 0 Å². The molecule has 1 N–H and O–H groups in total. The van der Waals surface area contributed by atoms with E-state index < -0.39 is 0 Å². The van der Waals surface area contributed by atoms with Gasteiger partial charge in [0.1, 0.15) is 11.5 Å². The summed E-state index contributed by atoms with van der Waals surface area (Å²) < 4.78 is 15.6. The van der Waals surface area contributed by atoms with Crippen molar-refractivity contribution in [3.05, 3.63) is 59.2 Å². The van der Waals surface area contributed by atoms with E-state index >= 15 is 0 Å². The number of rotatable bonds is 8.